The quantitative estimate of drug-likeness (QED) is 0.918. The van der Waals surface area contributed by atoms with Crippen LogP contribution in [0, 0.1) is 6.92 Å². The summed E-state index contributed by atoms with van der Waals surface area (Å²) in [6.45, 7) is 8.21. The average Bonchev–Trinajstić information content (AvgIpc) is 2.71. The lowest BCUT2D eigenvalue weighted by Crippen LogP contribution is -2.37. The summed E-state index contributed by atoms with van der Waals surface area (Å²) in [6.07, 6.45) is 0.816. The molecule has 5 heteroatoms. The zero-order chi connectivity index (χ0) is 12.4. The second kappa shape index (κ2) is 5.59. The molecule has 1 saturated heterocycles. The Morgan fingerprint density at radius 1 is 1.59 bits per heavy atom. The zero-order valence-corrected chi connectivity index (χ0v) is 12.3. The van der Waals surface area contributed by atoms with Crippen molar-refractivity contribution in [1.29, 1.82) is 0 Å². The number of aliphatic hydroxyl groups excluding tert-OH is 1. The molecule has 2 unspecified atom stereocenters. The van der Waals surface area contributed by atoms with Crippen LogP contribution in [0.2, 0.25) is 0 Å². The number of thioether (sulfide) groups is 1. The van der Waals surface area contributed by atoms with Gasteiger partial charge in [-0.2, -0.15) is 11.8 Å². The third-order valence-corrected chi connectivity index (χ3v) is 5.83. The molecule has 1 aliphatic heterocycles. The van der Waals surface area contributed by atoms with Gasteiger partial charge in [0.2, 0.25) is 0 Å². The van der Waals surface area contributed by atoms with E-state index in [0.717, 1.165) is 34.0 Å². The molecular weight excluding hydrogens is 252 g/mol. The first-order chi connectivity index (χ1) is 8.11. The van der Waals surface area contributed by atoms with Crippen molar-refractivity contribution in [3.8, 4) is 0 Å². The molecule has 2 rings (SSSR count). The molecule has 0 bridgehead atoms. The molecule has 0 spiro atoms. The van der Waals surface area contributed by atoms with Crippen LogP contribution in [0.15, 0.2) is 0 Å². The summed E-state index contributed by atoms with van der Waals surface area (Å²) >= 11 is 3.71. The summed E-state index contributed by atoms with van der Waals surface area (Å²) in [7, 11) is 0. The lowest BCUT2D eigenvalue weighted by atomic mass is 10.3. The molecule has 0 aliphatic carbocycles. The first-order valence-electron chi connectivity index (χ1n) is 6.13. The average molecular weight is 272 g/mol. The number of aliphatic hydroxyl groups is 1. The van der Waals surface area contributed by atoms with E-state index in [4.69, 9.17) is 0 Å². The van der Waals surface area contributed by atoms with Gasteiger partial charge < -0.3 is 10.0 Å². The first-order valence-corrected chi connectivity index (χ1v) is 8.00. The van der Waals surface area contributed by atoms with Crippen molar-refractivity contribution in [2.45, 2.75) is 38.5 Å². The lowest BCUT2D eigenvalue weighted by Gasteiger charge is -2.31. The summed E-state index contributed by atoms with van der Waals surface area (Å²) in [5.74, 6) is 1.18. The number of rotatable bonds is 3. The molecule has 1 fully saturated rings. The molecule has 0 radical (unpaired) electrons. The lowest BCUT2D eigenvalue weighted by molar-refractivity contribution is 0.202. The maximum absolute atomic E-state index is 9.66. The molecular formula is C12H20N2OS2. The molecule has 17 heavy (non-hydrogen) atoms. The van der Waals surface area contributed by atoms with Crippen LogP contribution < -0.4 is 4.90 Å². The Morgan fingerprint density at radius 3 is 2.94 bits per heavy atom. The van der Waals surface area contributed by atoms with Crippen molar-refractivity contribution in [3.63, 3.8) is 0 Å². The van der Waals surface area contributed by atoms with Gasteiger partial charge in [0.05, 0.1) is 16.7 Å². The number of hydrogen-bond donors (Lipinski definition) is 1. The fraction of sp³-hybridized carbons (Fsp3) is 0.750. The molecule has 2 heterocycles. The molecule has 1 aromatic heterocycles. The van der Waals surface area contributed by atoms with Crippen molar-refractivity contribution >= 4 is 28.2 Å². The Bertz CT molecular complexity index is 379. The number of nitrogens with zero attached hydrogens (tertiary/aromatic N) is 2. The van der Waals surface area contributed by atoms with E-state index in [1.165, 1.54) is 12.2 Å². The Kier molecular flexibility index (Phi) is 4.33. The maximum Gasteiger partial charge on any atom is 0.185 e. The minimum Gasteiger partial charge on any atom is -0.388 e. The number of aromatic nitrogens is 1. The highest BCUT2D eigenvalue weighted by Crippen LogP contribution is 2.33. The van der Waals surface area contributed by atoms with E-state index < -0.39 is 6.10 Å². The van der Waals surface area contributed by atoms with E-state index in [1.807, 2.05) is 13.8 Å². The normalized spacial score (nSPS) is 22.8. The minimum absolute atomic E-state index is 0.401. The van der Waals surface area contributed by atoms with Crippen LogP contribution in [-0.4, -0.2) is 34.2 Å². The van der Waals surface area contributed by atoms with Gasteiger partial charge in [-0.1, -0.05) is 18.3 Å². The maximum atomic E-state index is 9.66. The largest absolute Gasteiger partial charge is 0.388 e. The smallest absolute Gasteiger partial charge is 0.185 e. The molecule has 0 saturated carbocycles. The SMILES string of the molecule is CCC1CN(c2nc(C)c(C(C)O)s2)CCS1. The molecule has 2 atom stereocenters. The zero-order valence-electron chi connectivity index (χ0n) is 10.6. The molecule has 1 N–H and O–H groups in total. The summed E-state index contributed by atoms with van der Waals surface area (Å²) in [6, 6.07) is 0. The van der Waals surface area contributed by atoms with Gasteiger partial charge in [-0.25, -0.2) is 4.98 Å². The fourth-order valence-electron chi connectivity index (χ4n) is 2.06. The third-order valence-electron chi connectivity index (χ3n) is 3.07. The Morgan fingerprint density at radius 2 is 2.35 bits per heavy atom. The topological polar surface area (TPSA) is 36.4 Å². The van der Waals surface area contributed by atoms with Gasteiger partial charge in [-0.15, -0.1) is 0 Å². The van der Waals surface area contributed by atoms with E-state index >= 15 is 0 Å². The van der Waals surface area contributed by atoms with E-state index in [1.54, 1.807) is 11.3 Å². The predicted octanol–water partition coefficient (Wildman–Crippen LogP) is 2.84. The Hall–Kier alpha value is -0.260. The summed E-state index contributed by atoms with van der Waals surface area (Å²) in [4.78, 5) is 7.97. The van der Waals surface area contributed by atoms with Crippen LogP contribution >= 0.6 is 23.1 Å². The van der Waals surface area contributed by atoms with Crippen molar-refractivity contribution in [2.24, 2.45) is 0 Å². The fourth-order valence-corrected chi connectivity index (χ4v) is 4.27. The van der Waals surface area contributed by atoms with Crippen LogP contribution in [-0.2, 0) is 0 Å². The second-order valence-corrected chi connectivity index (χ2v) is 6.89. The van der Waals surface area contributed by atoms with Gasteiger partial charge in [0.25, 0.3) is 0 Å². The molecule has 1 aliphatic rings. The van der Waals surface area contributed by atoms with E-state index in [2.05, 4.69) is 28.6 Å². The Labute approximate surface area is 111 Å². The monoisotopic (exact) mass is 272 g/mol. The Balaban J connectivity index is 2.14. The molecule has 0 amide bonds. The van der Waals surface area contributed by atoms with Crippen molar-refractivity contribution in [3.05, 3.63) is 10.6 Å². The minimum atomic E-state index is -0.401. The first kappa shape index (κ1) is 13.2. The summed E-state index contributed by atoms with van der Waals surface area (Å²) in [5.41, 5.74) is 0.978. The standard InChI is InChI=1S/C12H20N2OS2/c1-4-10-7-14(5-6-16-10)12-13-8(2)11(17-12)9(3)15/h9-10,15H,4-7H2,1-3H3. The van der Waals surface area contributed by atoms with E-state index in [-0.39, 0.29) is 0 Å². The molecule has 3 nitrogen and oxygen atoms in total. The van der Waals surface area contributed by atoms with Crippen LogP contribution in [0.1, 0.15) is 36.9 Å². The van der Waals surface area contributed by atoms with Gasteiger partial charge in [-0.05, 0) is 20.3 Å². The number of aryl methyl sites for hydroxylation is 1. The molecule has 96 valence electrons. The predicted molar refractivity (Wildman–Crippen MR) is 76.2 cm³/mol. The van der Waals surface area contributed by atoms with Crippen molar-refractivity contribution < 1.29 is 5.11 Å². The van der Waals surface area contributed by atoms with Crippen molar-refractivity contribution in [1.82, 2.24) is 4.98 Å². The van der Waals surface area contributed by atoms with E-state index in [9.17, 15) is 5.11 Å². The van der Waals surface area contributed by atoms with Crippen LogP contribution in [0.3, 0.4) is 0 Å². The van der Waals surface area contributed by atoms with Crippen LogP contribution in [0.5, 0.6) is 0 Å². The number of anilines is 1. The summed E-state index contributed by atoms with van der Waals surface area (Å²) < 4.78 is 0. The van der Waals surface area contributed by atoms with Gasteiger partial charge >= 0.3 is 0 Å². The molecule has 0 aromatic carbocycles. The second-order valence-electron chi connectivity index (χ2n) is 4.47. The highest BCUT2D eigenvalue weighted by atomic mass is 32.2. The van der Waals surface area contributed by atoms with Gasteiger partial charge in [-0.3, -0.25) is 0 Å². The third kappa shape index (κ3) is 2.95. The highest BCUT2D eigenvalue weighted by Gasteiger charge is 2.23. The van der Waals surface area contributed by atoms with Crippen LogP contribution in [0.4, 0.5) is 5.13 Å². The summed E-state index contributed by atoms with van der Waals surface area (Å²) in [5, 5.41) is 11.5. The van der Waals surface area contributed by atoms with Crippen LogP contribution in [0.25, 0.3) is 0 Å². The number of hydrogen-bond acceptors (Lipinski definition) is 5. The molecule has 1 aromatic rings. The number of thiazole rings is 1. The van der Waals surface area contributed by atoms with E-state index in [0.29, 0.717) is 0 Å². The van der Waals surface area contributed by atoms with Gasteiger partial charge in [0.15, 0.2) is 5.13 Å². The van der Waals surface area contributed by atoms with Crippen molar-refractivity contribution in [2.75, 3.05) is 23.7 Å². The highest BCUT2D eigenvalue weighted by molar-refractivity contribution is 8.00. The van der Waals surface area contributed by atoms with Gasteiger partial charge in [0.1, 0.15) is 0 Å². The van der Waals surface area contributed by atoms with Gasteiger partial charge in [0, 0.05) is 24.1 Å².